The number of benzene rings is 1. The Morgan fingerprint density at radius 2 is 2.08 bits per heavy atom. The van der Waals surface area contributed by atoms with Crippen LogP contribution in [-0.4, -0.2) is 5.78 Å². The van der Waals surface area contributed by atoms with E-state index < -0.39 is 0 Å². The van der Waals surface area contributed by atoms with Gasteiger partial charge in [-0.1, -0.05) is 12.1 Å². The van der Waals surface area contributed by atoms with Crippen LogP contribution in [0, 0.1) is 6.54 Å². The molecule has 4 N–H and O–H groups in total. The van der Waals surface area contributed by atoms with Gasteiger partial charge >= 0.3 is 0 Å². The number of carbonyl (C=O) groups is 1. The Hall–Kier alpha value is -1.35. The molecule has 0 saturated carbocycles. The highest BCUT2D eigenvalue weighted by atomic mass is 16.1. The Labute approximate surface area is 71.4 Å². The Morgan fingerprint density at radius 1 is 1.42 bits per heavy atom. The molecule has 0 amide bonds. The lowest BCUT2D eigenvalue weighted by atomic mass is 10.1. The van der Waals surface area contributed by atoms with Gasteiger partial charge in [0.1, 0.15) is 5.78 Å². The number of nitrogens with two attached hydrogens (primary N) is 2. The quantitative estimate of drug-likeness (QED) is 0.396. The second-order valence-corrected chi connectivity index (χ2v) is 2.45. The maximum Gasteiger partial charge on any atom is 0.136 e. The minimum Gasteiger partial charge on any atom is -0.483 e. The zero-order valence-electron chi connectivity index (χ0n) is 6.66. The summed E-state index contributed by atoms with van der Waals surface area (Å²) < 4.78 is 0. The lowest BCUT2D eigenvalue weighted by Crippen LogP contribution is -2.06. The molecule has 12 heavy (non-hydrogen) atoms. The van der Waals surface area contributed by atoms with Crippen LogP contribution in [0.4, 0.5) is 5.69 Å². The van der Waals surface area contributed by atoms with Crippen molar-refractivity contribution in [1.29, 1.82) is 0 Å². The molecule has 0 spiro atoms. The smallest absolute Gasteiger partial charge is 0.136 e. The summed E-state index contributed by atoms with van der Waals surface area (Å²) in [6.45, 7) is 1.33. The zero-order valence-corrected chi connectivity index (χ0v) is 6.66. The minimum absolute atomic E-state index is 0.0457. The summed E-state index contributed by atoms with van der Waals surface area (Å²) >= 11 is 0. The van der Waals surface area contributed by atoms with Gasteiger partial charge in [-0.15, -0.1) is 6.42 Å². The first-order chi connectivity index (χ1) is 5.75. The van der Waals surface area contributed by atoms with Crippen LogP contribution in [0.2, 0.25) is 0 Å². The summed E-state index contributed by atoms with van der Waals surface area (Å²) in [4.78, 5) is 11.3. The average molecular weight is 163 g/mol. The van der Waals surface area contributed by atoms with E-state index in [2.05, 4.69) is 0 Å². The van der Waals surface area contributed by atoms with Gasteiger partial charge in [0.2, 0.25) is 0 Å². The van der Waals surface area contributed by atoms with Crippen LogP contribution >= 0.6 is 0 Å². The predicted molar refractivity (Wildman–Crippen MR) is 48.3 cm³/mol. The highest BCUT2D eigenvalue weighted by Crippen LogP contribution is 2.12. The molecule has 0 aliphatic carbocycles. The number of hydrogen-bond donors (Lipinski definition) is 2. The molecule has 64 valence electrons. The average Bonchev–Trinajstić information content (AvgIpc) is 2.05. The molecule has 3 nitrogen and oxygen atoms in total. The second-order valence-electron chi connectivity index (χ2n) is 2.45. The Balaban J connectivity index is 2.87. The van der Waals surface area contributed by atoms with E-state index in [4.69, 9.17) is 11.5 Å². The van der Waals surface area contributed by atoms with Gasteiger partial charge in [0, 0.05) is 11.3 Å². The molecule has 0 unspecified atom stereocenters. The van der Waals surface area contributed by atoms with Gasteiger partial charge in [-0.25, -0.2) is 0 Å². The van der Waals surface area contributed by atoms with Crippen LogP contribution in [0.1, 0.15) is 16.8 Å². The third kappa shape index (κ3) is 1.83. The van der Waals surface area contributed by atoms with Crippen molar-refractivity contribution in [3.63, 3.8) is 0 Å². The molecule has 0 aliphatic rings. The van der Waals surface area contributed by atoms with Crippen LogP contribution in [0.15, 0.2) is 24.3 Å². The number of anilines is 1. The van der Waals surface area contributed by atoms with Gasteiger partial charge in [0.15, 0.2) is 0 Å². The number of Topliss-reactive ketones (excluding diaryl/α,β-unsaturated/α-hetero) is 1. The number of hydrogen-bond acceptors (Lipinski definition) is 3. The van der Waals surface area contributed by atoms with E-state index in [9.17, 15) is 4.79 Å². The standard InChI is InChI=1S/C9H11N2O/c10-6-5-9(12)7-3-1-2-4-8(7)11/h1-4,6H,5,10-11H2/q-1. The number of rotatable bonds is 3. The first-order valence-electron chi connectivity index (χ1n) is 3.67. The Kier molecular flexibility index (Phi) is 2.82. The molecule has 3 heteroatoms. The predicted octanol–water partition coefficient (Wildman–Crippen LogP) is 0.962. The van der Waals surface area contributed by atoms with E-state index in [1.54, 1.807) is 24.3 Å². The van der Waals surface area contributed by atoms with E-state index >= 15 is 0 Å². The van der Waals surface area contributed by atoms with Gasteiger partial charge in [-0.2, -0.15) is 0 Å². The van der Waals surface area contributed by atoms with Crippen molar-refractivity contribution < 1.29 is 4.79 Å². The molecular weight excluding hydrogens is 152 g/mol. The summed E-state index contributed by atoms with van der Waals surface area (Å²) in [5.74, 6) is -0.0457. The molecule has 1 rings (SSSR count). The summed E-state index contributed by atoms with van der Waals surface area (Å²) in [6.07, 6.45) is 0.230. The third-order valence-electron chi connectivity index (χ3n) is 1.56. The number of nitrogen functional groups attached to an aromatic ring is 1. The van der Waals surface area contributed by atoms with E-state index in [1.165, 1.54) is 6.54 Å². The number of para-hydroxylation sites is 1. The molecule has 0 heterocycles. The first-order valence-corrected chi connectivity index (χ1v) is 3.67. The van der Waals surface area contributed by atoms with Gasteiger partial charge in [0.05, 0.1) is 0 Å². The molecule has 1 aromatic carbocycles. The molecule has 0 radical (unpaired) electrons. The van der Waals surface area contributed by atoms with Crippen LogP contribution in [-0.2, 0) is 0 Å². The third-order valence-corrected chi connectivity index (χ3v) is 1.56. The fourth-order valence-corrected chi connectivity index (χ4v) is 0.968. The molecule has 0 saturated heterocycles. The van der Waals surface area contributed by atoms with E-state index in [0.29, 0.717) is 11.3 Å². The summed E-state index contributed by atoms with van der Waals surface area (Å²) in [7, 11) is 0. The van der Waals surface area contributed by atoms with Crippen molar-refractivity contribution in [2.24, 2.45) is 5.73 Å². The van der Waals surface area contributed by atoms with Crippen molar-refractivity contribution in [3.8, 4) is 0 Å². The number of carbonyl (C=O) groups excluding carboxylic acids is 1. The largest absolute Gasteiger partial charge is 0.483 e. The summed E-state index contributed by atoms with van der Waals surface area (Å²) in [6, 6.07) is 6.96. The molecule has 0 fully saturated rings. The van der Waals surface area contributed by atoms with Crippen molar-refractivity contribution in [1.82, 2.24) is 0 Å². The lowest BCUT2D eigenvalue weighted by molar-refractivity contribution is 0.0992. The highest BCUT2D eigenvalue weighted by Gasteiger charge is 2.03. The van der Waals surface area contributed by atoms with Crippen molar-refractivity contribution in [2.75, 3.05) is 5.73 Å². The van der Waals surface area contributed by atoms with Crippen LogP contribution in [0.5, 0.6) is 0 Å². The van der Waals surface area contributed by atoms with Crippen LogP contribution in [0.3, 0.4) is 0 Å². The minimum atomic E-state index is -0.0457. The maximum absolute atomic E-state index is 11.3. The number of ketones is 1. The SMILES string of the molecule is N[CH-]CC(=O)c1ccccc1N. The van der Waals surface area contributed by atoms with E-state index in [1.807, 2.05) is 0 Å². The molecule has 0 aromatic heterocycles. The lowest BCUT2D eigenvalue weighted by Gasteiger charge is -2.06. The zero-order chi connectivity index (χ0) is 8.97. The molecule has 0 aliphatic heterocycles. The second kappa shape index (κ2) is 3.88. The molecular formula is C9H11N2O-. The topological polar surface area (TPSA) is 69.1 Å². The molecule has 1 aromatic rings. The monoisotopic (exact) mass is 163 g/mol. The highest BCUT2D eigenvalue weighted by molar-refractivity contribution is 6.01. The van der Waals surface area contributed by atoms with Crippen molar-refractivity contribution in [2.45, 2.75) is 6.42 Å². The van der Waals surface area contributed by atoms with Gasteiger partial charge < -0.3 is 11.5 Å². The summed E-state index contributed by atoms with van der Waals surface area (Å²) in [5, 5.41) is 0. The molecule has 0 bridgehead atoms. The Morgan fingerprint density at radius 3 is 2.67 bits per heavy atom. The van der Waals surface area contributed by atoms with Gasteiger partial charge in [-0.05, 0) is 12.1 Å². The van der Waals surface area contributed by atoms with E-state index in [0.717, 1.165) is 0 Å². The Bertz CT molecular complexity index is 284. The van der Waals surface area contributed by atoms with Crippen LogP contribution < -0.4 is 11.5 Å². The first kappa shape index (κ1) is 8.74. The molecule has 0 atom stereocenters. The van der Waals surface area contributed by atoms with Crippen molar-refractivity contribution in [3.05, 3.63) is 36.4 Å². The van der Waals surface area contributed by atoms with Crippen LogP contribution in [0.25, 0.3) is 0 Å². The fraction of sp³-hybridized carbons (Fsp3) is 0.111. The fourth-order valence-electron chi connectivity index (χ4n) is 0.968. The van der Waals surface area contributed by atoms with E-state index in [-0.39, 0.29) is 12.2 Å². The summed E-state index contributed by atoms with van der Waals surface area (Å²) in [5.41, 5.74) is 11.8. The van der Waals surface area contributed by atoms with Crippen molar-refractivity contribution >= 4 is 11.5 Å². The van der Waals surface area contributed by atoms with Gasteiger partial charge in [0.25, 0.3) is 0 Å². The maximum atomic E-state index is 11.3. The van der Waals surface area contributed by atoms with Gasteiger partial charge in [-0.3, -0.25) is 11.3 Å². The normalized spacial score (nSPS) is 9.75.